The minimum atomic E-state index is -0.476. The molecule has 0 aliphatic carbocycles. The summed E-state index contributed by atoms with van der Waals surface area (Å²) in [6.45, 7) is 2.79. The second-order valence-electron chi connectivity index (χ2n) is 5.15. The third-order valence-corrected chi connectivity index (χ3v) is 3.66. The number of rotatable bonds is 4. The molecular formula is C14H18N6O. The molecule has 1 unspecified atom stereocenters. The molecule has 0 radical (unpaired) electrons. The number of amides is 1. The molecule has 0 fully saturated rings. The minimum Gasteiger partial charge on any atom is -0.380 e. The lowest BCUT2D eigenvalue weighted by atomic mass is 10.1. The lowest BCUT2D eigenvalue weighted by Crippen LogP contribution is -2.32. The highest BCUT2D eigenvalue weighted by atomic mass is 16.1. The Kier molecular flexibility index (Phi) is 3.55. The molecule has 0 spiro atoms. The summed E-state index contributed by atoms with van der Waals surface area (Å²) < 4.78 is 1.95. The Morgan fingerprint density at radius 2 is 2.43 bits per heavy atom. The molecule has 1 aliphatic heterocycles. The monoisotopic (exact) mass is 286 g/mol. The van der Waals surface area contributed by atoms with Crippen LogP contribution in [0.2, 0.25) is 0 Å². The first-order valence-corrected chi connectivity index (χ1v) is 7.10. The number of carbonyl (C=O) groups excluding carboxylic acids is 1. The summed E-state index contributed by atoms with van der Waals surface area (Å²) in [5.41, 5.74) is 6.51. The van der Waals surface area contributed by atoms with Gasteiger partial charge in [-0.3, -0.25) is 9.78 Å². The Labute approximate surface area is 122 Å². The number of aryl methyl sites for hydroxylation is 2. The van der Waals surface area contributed by atoms with Crippen molar-refractivity contribution in [3.05, 3.63) is 35.7 Å². The first-order chi connectivity index (χ1) is 10.2. The van der Waals surface area contributed by atoms with Gasteiger partial charge >= 0.3 is 0 Å². The van der Waals surface area contributed by atoms with Gasteiger partial charge < -0.3 is 11.1 Å². The fraction of sp³-hybridized carbons (Fsp3) is 0.429. The second-order valence-corrected chi connectivity index (χ2v) is 5.15. The Balaban J connectivity index is 1.77. The largest absolute Gasteiger partial charge is 0.380 e. The third-order valence-electron chi connectivity index (χ3n) is 3.66. The molecule has 7 heteroatoms. The smallest absolute Gasteiger partial charge is 0.252 e. The van der Waals surface area contributed by atoms with E-state index in [1.165, 1.54) is 6.20 Å². The standard InChI is InChI=1S/C14H18N6O/c1-2-12-18-13-4-3-9(8-20(13)19-12)17-11-5-6-16-7-10(11)14(15)21/h5-7,9H,2-4,8H2,1H3,(H2,15,21)(H,16,17). The fourth-order valence-corrected chi connectivity index (χ4v) is 2.56. The summed E-state index contributed by atoms with van der Waals surface area (Å²) in [6.07, 6.45) is 5.80. The van der Waals surface area contributed by atoms with Crippen LogP contribution in [0, 0.1) is 0 Å². The molecule has 1 atom stereocenters. The number of nitrogens with one attached hydrogen (secondary N) is 1. The van der Waals surface area contributed by atoms with Gasteiger partial charge in [0.05, 0.1) is 17.8 Å². The second kappa shape index (κ2) is 5.51. The van der Waals surface area contributed by atoms with Crippen LogP contribution >= 0.6 is 0 Å². The third kappa shape index (κ3) is 2.72. The maximum absolute atomic E-state index is 11.4. The highest BCUT2D eigenvalue weighted by Gasteiger charge is 2.22. The lowest BCUT2D eigenvalue weighted by molar-refractivity contribution is 0.100. The quantitative estimate of drug-likeness (QED) is 0.864. The Morgan fingerprint density at radius 3 is 3.19 bits per heavy atom. The average Bonchev–Trinajstić information content (AvgIpc) is 2.90. The van der Waals surface area contributed by atoms with Gasteiger partial charge in [0.25, 0.3) is 5.91 Å². The van der Waals surface area contributed by atoms with Crippen LogP contribution in [-0.2, 0) is 19.4 Å². The molecule has 0 aromatic carbocycles. The highest BCUT2D eigenvalue weighted by Crippen LogP contribution is 2.20. The van der Waals surface area contributed by atoms with Crippen molar-refractivity contribution in [1.82, 2.24) is 19.7 Å². The van der Waals surface area contributed by atoms with Crippen LogP contribution in [0.15, 0.2) is 18.5 Å². The SMILES string of the molecule is CCc1nc2n(n1)CC(Nc1ccncc1C(N)=O)CC2. The van der Waals surface area contributed by atoms with E-state index in [1.807, 2.05) is 11.6 Å². The van der Waals surface area contributed by atoms with E-state index in [2.05, 4.69) is 20.4 Å². The summed E-state index contributed by atoms with van der Waals surface area (Å²) >= 11 is 0. The minimum absolute atomic E-state index is 0.199. The average molecular weight is 286 g/mol. The summed E-state index contributed by atoms with van der Waals surface area (Å²) in [7, 11) is 0. The predicted octanol–water partition coefficient (Wildman–Crippen LogP) is 0.761. The highest BCUT2D eigenvalue weighted by molar-refractivity contribution is 5.98. The number of hydrogen-bond acceptors (Lipinski definition) is 5. The molecule has 0 saturated heterocycles. The Morgan fingerprint density at radius 1 is 1.57 bits per heavy atom. The van der Waals surface area contributed by atoms with E-state index in [4.69, 9.17) is 5.73 Å². The zero-order chi connectivity index (χ0) is 14.8. The van der Waals surface area contributed by atoms with Gasteiger partial charge in [0.15, 0.2) is 5.82 Å². The topological polar surface area (TPSA) is 98.7 Å². The summed E-state index contributed by atoms with van der Waals surface area (Å²) in [6, 6.07) is 1.97. The van der Waals surface area contributed by atoms with Crippen LogP contribution in [0.4, 0.5) is 5.69 Å². The molecule has 3 heterocycles. The molecule has 2 aromatic rings. The number of primary amides is 1. The number of aromatic nitrogens is 4. The van der Waals surface area contributed by atoms with Crippen LogP contribution in [-0.4, -0.2) is 31.7 Å². The summed E-state index contributed by atoms with van der Waals surface area (Å²) in [4.78, 5) is 19.9. The normalized spacial score (nSPS) is 17.3. The Bertz CT molecular complexity index is 665. The Hall–Kier alpha value is -2.44. The predicted molar refractivity (Wildman–Crippen MR) is 77.9 cm³/mol. The van der Waals surface area contributed by atoms with Crippen molar-refractivity contribution >= 4 is 11.6 Å². The maximum Gasteiger partial charge on any atom is 0.252 e. The van der Waals surface area contributed by atoms with Crippen molar-refractivity contribution in [2.24, 2.45) is 5.73 Å². The molecular weight excluding hydrogens is 268 g/mol. The maximum atomic E-state index is 11.4. The van der Waals surface area contributed by atoms with Crippen molar-refractivity contribution in [2.45, 2.75) is 38.8 Å². The van der Waals surface area contributed by atoms with Gasteiger partial charge in [-0.15, -0.1) is 0 Å². The number of anilines is 1. The molecule has 0 saturated carbocycles. The van der Waals surface area contributed by atoms with Gasteiger partial charge in [-0.2, -0.15) is 5.10 Å². The van der Waals surface area contributed by atoms with E-state index in [9.17, 15) is 4.79 Å². The van der Waals surface area contributed by atoms with Crippen molar-refractivity contribution in [3.63, 3.8) is 0 Å². The van der Waals surface area contributed by atoms with Crippen LogP contribution in [0.5, 0.6) is 0 Å². The van der Waals surface area contributed by atoms with Gasteiger partial charge in [-0.05, 0) is 12.5 Å². The van der Waals surface area contributed by atoms with E-state index in [0.717, 1.165) is 43.1 Å². The van der Waals surface area contributed by atoms with Gasteiger partial charge in [0.2, 0.25) is 0 Å². The summed E-state index contributed by atoms with van der Waals surface area (Å²) in [5.74, 6) is 1.44. The number of fused-ring (bicyclic) bond motifs is 1. The van der Waals surface area contributed by atoms with Gasteiger partial charge in [-0.25, -0.2) is 9.67 Å². The number of nitrogens with zero attached hydrogens (tertiary/aromatic N) is 4. The number of hydrogen-bond donors (Lipinski definition) is 2. The van der Waals surface area contributed by atoms with E-state index in [0.29, 0.717) is 5.56 Å². The van der Waals surface area contributed by atoms with E-state index in [1.54, 1.807) is 12.3 Å². The van der Waals surface area contributed by atoms with E-state index >= 15 is 0 Å². The van der Waals surface area contributed by atoms with Gasteiger partial charge in [0, 0.05) is 31.3 Å². The van der Waals surface area contributed by atoms with Crippen molar-refractivity contribution in [2.75, 3.05) is 5.32 Å². The van der Waals surface area contributed by atoms with Crippen LogP contribution < -0.4 is 11.1 Å². The molecule has 110 valence electrons. The van der Waals surface area contributed by atoms with Crippen molar-refractivity contribution in [1.29, 1.82) is 0 Å². The van der Waals surface area contributed by atoms with Crippen LogP contribution in [0.25, 0.3) is 0 Å². The van der Waals surface area contributed by atoms with Crippen LogP contribution in [0.3, 0.4) is 0 Å². The van der Waals surface area contributed by atoms with Gasteiger partial charge in [0.1, 0.15) is 5.82 Å². The molecule has 1 aliphatic rings. The molecule has 2 aromatic heterocycles. The zero-order valence-electron chi connectivity index (χ0n) is 11.9. The summed E-state index contributed by atoms with van der Waals surface area (Å²) in [5, 5.41) is 7.85. The van der Waals surface area contributed by atoms with Crippen molar-refractivity contribution < 1.29 is 4.79 Å². The zero-order valence-corrected chi connectivity index (χ0v) is 11.9. The van der Waals surface area contributed by atoms with Gasteiger partial charge in [-0.1, -0.05) is 6.92 Å². The molecule has 0 bridgehead atoms. The molecule has 3 rings (SSSR count). The molecule has 3 N–H and O–H groups in total. The fourth-order valence-electron chi connectivity index (χ4n) is 2.56. The lowest BCUT2D eigenvalue weighted by Gasteiger charge is -2.25. The molecule has 7 nitrogen and oxygen atoms in total. The number of carbonyl (C=O) groups is 1. The molecule has 21 heavy (non-hydrogen) atoms. The van der Waals surface area contributed by atoms with E-state index < -0.39 is 5.91 Å². The first kappa shape index (κ1) is 13.5. The first-order valence-electron chi connectivity index (χ1n) is 7.10. The van der Waals surface area contributed by atoms with Crippen LogP contribution in [0.1, 0.15) is 35.4 Å². The van der Waals surface area contributed by atoms with Crippen molar-refractivity contribution in [3.8, 4) is 0 Å². The number of nitrogens with two attached hydrogens (primary N) is 1. The van der Waals surface area contributed by atoms with E-state index in [-0.39, 0.29) is 6.04 Å². The molecule has 1 amide bonds. The number of pyridine rings is 1.